The maximum Gasteiger partial charge on any atom is 0.127 e. The van der Waals surface area contributed by atoms with E-state index in [-0.39, 0.29) is 5.82 Å². The van der Waals surface area contributed by atoms with E-state index in [1.165, 1.54) is 6.07 Å². The molecule has 0 aliphatic carbocycles. The van der Waals surface area contributed by atoms with E-state index in [9.17, 15) is 4.39 Å². The molecule has 0 aliphatic heterocycles. The normalized spacial score (nSPS) is 10.5. The van der Waals surface area contributed by atoms with Crippen LogP contribution in [0.2, 0.25) is 5.02 Å². The van der Waals surface area contributed by atoms with Gasteiger partial charge in [0.1, 0.15) is 11.6 Å². The zero-order valence-corrected chi connectivity index (χ0v) is 11.4. The second-order valence-corrected chi connectivity index (χ2v) is 4.62. The van der Waals surface area contributed by atoms with Gasteiger partial charge in [0.2, 0.25) is 0 Å². The molecule has 0 bridgehead atoms. The smallest absolute Gasteiger partial charge is 0.127 e. The van der Waals surface area contributed by atoms with Crippen molar-refractivity contribution in [1.82, 2.24) is 5.32 Å². The van der Waals surface area contributed by atoms with Crippen LogP contribution in [0.5, 0.6) is 5.75 Å². The van der Waals surface area contributed by atoms with E-state index in [1.54, 1.807) is 19.2 Å². The zero-order chi connectivity index (χ0) is 13.7. The molecule has 0 atom stereocenters. The van der Waals surface area contributed by atoms with Gasteiger partial charge < -0.3 is 10.1 Å². The molecule has 100 valence electrons. The lowest BCUT2D eigenvalue weighted by atomic mass is 10.2. The highest BCUT2D eigenvalue weighted by Crippen LogP contribution is 2.15. The predicted molar refractivity (Wildman–Crippen MR) is 74.9 cm³/mol. The van der Waals surface area contributed by atoms with Gasteiger partial charge in [0.05, 0.1) is 7.11 Å². The van der Waals surface area contributed by atoms with Crippen molar-refractivity contribution in [2.24, 2.45) is 0 Å². The maximum atomic E-state index is 13.5. The third-order valence-corrected chi connectivity index (χ3v) is 3.05. The summed E-state index contributed by atoms with van der Waals surface area (Å²) in [6.07, 6.45) is 0. The Morgan fingerprint density at radius 3 is 2.53 bits per heavy atom. The highest BCUT2D eigenvalue weighted by Gasteiger charge is 2.02. The quantitative estimate of drug-likeness (QED) is 0.899. The number of nitrogens with one attached hydrogen (secondary N) is 1. The number of hydrogen-bond acceptors (Lipinski definition) is 2. The van der Waals surface area contributed by atoms with Crippen molar-refractivity contribution in [2.45, 2.75) is 13.1 Å². The molecule has 19 heavy (non-hydrogen) atoms. The van der Waals surface area contributed by atoms with Crippen LogP contribution in [-0.4, -0.2) is 7.11 Å². The second-order valence-electron chi connectivity index (χ2n) is 4.19. The largest absolute Gasteiger partial charge is 0.497 e. The van der Waals surface area contributed by atoms with Crippen molar-refractivity contribution in [3.63, 3.8) is 0 Å². The highest BCUT2D eigenvalue weighted by molar-refractivity contribution is 6.30. The van der Waals surface area contributed by atoms with Crippen molar-refractivity contribution in [3.05, 3.63) is 64.4 Å². The Kier molecular flexibility index (Phi) is 4.77. The number of halogens is 2. The van der Waals surface area contributed by atoms with Gasteiger partial charge in [-0.1, -0.05) is 23.7 Å². The zero-order valence-electron chi connectivity index (χ0n) is 10.6. The van der Waals surface area contributed by atoms with Crippen LogP contribution >= 0.6 is 11.6 Å². The van der Waals surface area contributed by atoms with Gasteiger partial charge in [0, 0.05) is 23.7 Å². The lowest BCUT2D eigenvalue weighted by Crippen LogP contribution is -2.13. The van der Waals surface area contributed by atoms with E-state index in [2.05, 4.69) is 5.32 Å². The number of benzene rings is 2. The number of rotatable bonds is 5. The molecule has 2 nitrogen and oxygen atoms in total. The fraction of sp³-hybridized carbons (Fsp3) is 0.200. The average molecular weight is 280 g/mol. The molecule has 0 aliphatic rings. The molecule has 0 fully saturated rings. The van der Waals surface area contributed by atoms with Gasteiger partial charge in [0.25, 0.3) is 0 Å². The molecule has 2 aromatic carbocycles. The summed E-state index contributed by atoms with van der Waals surface area (Å²) in [4.78, 5) is 0. The first-order chi connectivity index (χ1) is 9.19. The Morgan fingerprint density at radius 2 is 1.84 bits per heavy atom. The lowest BCUT2D eigenvalue weighted by Gasteiger charge is -2.07. The Hall–Kier alpha value is -1.58. The Morgan fingerprint density at radius 1 is 1.11 bits per heavy atom. The SMILES string of the molecule is COc1ccc(CNCc2cc(Cl)ccc2F)cc1. The van der Waals surface area contributed by atoms with Crippen molar-refractivity contribution >= 4 is 11.6 Å². The van der Waals surface area contributed by atoms with Crippen LogP contribution in [0.15, 0.2) is 42.5 Å². The second kappa shape index (κ2) is 6.55. The van der Waals surface area contributed by atoms with Crippen molar-refractivity contribution in [1.29, 1.82) is 0 Å². The molecular formula is C15H15ClFNO. The first kappa shape index (κ1) is 13.8. The molecule has 0 aromatic heterocycles. The van der Waals surface area contributed by atoms with Crippen LogP contribution in [0, 0.1) is 5.82 Å². The summed E-state index contributed by atoms with van der Waals surface area (Å²) in [6.45, 7) is 1.11. The number of ether oxygens (including phenoxy) is 1. The van der Waals surface area contributed by atoms with Crippen LogP contribution < -0.4 is 10.1 Å². The van der Waals surface area contributed by atoms with Crippen LogP contribution in [0.3, 0.4) is 0 Å². The molecule has 0 spiro atoms. The van der Waals surface area contributed by atoms with Gasteiger partial charge >= 0.3 is 0 Å². The van der Waals surface area contributed by atoms with E-state index in [0.717, 1.165) is 11.3 Å². The molecule has 4 heteroatoms. The summed E-state index contributed by atoms with van der Waals surface area (Å²) in [5, 5.41) is 3.73. The first-order valence-electron chi connectivity index (χ1n) is 5.96. The molecule has 0 saturated heterocycles. The van der Waals surface area contributed by atoms with Gasteiger partial charge in [-0.15, -0.1) is 0 Å². The number of methoxy groups -OCH3 is 1. The molecule has 0 amide bonds. The summed E-state index contributed by atoms with van der Waals surface area (Å²) in [5.41, 5.74) is 1.68. The molecule has 0 saturated carbocycles. The van der Waals surface area contributed by atoms with Gasteiger partial charge in [-0.05, 0) is 35.9 Å². The summed E-state index contributed by atoms with van der Waals surface area (Å²) in [6, 6.07) is 12.3. The monoisotopic (exact) mass is 279 g/mol. The maximum absolute atomic E-state index is 13.5. The minimum atomic E-state index is -0.244. The first-order valence-corrected chi connectivity index (χ1v) is 6.34. The Balaban J connectivity index is 1.90. The topological polar surface area (TPSA) is 21.3 Å². The summed E-state index contributed by atoms with van der Waals surface area (Å²) in [7, 11) is 1.63. The fourth-order valence-corrected chi connectivity index (χ4v) is 1.96. The molecule has 2 aromatic rings. The molecule has 0 heterocycles. The van der Waals surface area contributed by atoms with Gasteiger partial charge in [-0.2, -0.15) is 0 Å². The van der Waals surface area contributed by atoms with Crippen molar-refractivity contribution < 1.29 is 9.13 Å². The van der Waals surface area contributed by atoms with Crippen LogP contribution in [0.4, 0.5) is 4.39 Å². The lowest BCUT2D eigenvalue weighted by molar-refractivity contribution is 0.414. The Labute approximate surface area is 117 Å². The van der Waals surface area contributed by atoms with Crippen molar-refractivity contribution in [2.75, 3.05) is 7.11 Å². The van der Waals surface area contributed by atoms with Gasteiger partial charge in [-0.3, -0.25) is 0 Å². The van der Waals surface area contributed by atoms with E-state index >= 15 is 0 Å². The third-order valence-electron chi connectivity index (χ3n) is 2.81. The van der Waals surface area contributed by atoms with Crippen LogP contribution in [-0.2, 0) is 13.1 Å². The van der Waals surface area contributed by atoms with E-state index < -0.39 is 0 Å². The van der Waals surface area contributed by atoms with Crippen molar-refractivity contribution in [3.8, 4) is 5.75 Å². The molecule has 2 rings (SSSR count). The number of hydrogen-bond donors (Lipinski definition) is 1. The molecular weight excluding hydrogens is 265 g/mol. The van der Waals surface area contributed by atoms with Gasteiger partial charge in [-0.25, -0.2) is 4.39 Å². The van der Waals surface area contributed by atoms with Crippen LogP contribution in [0.1, 0.15) is 11.1 Å². The van der Waals surface area contributed by atoms with Gasteiger partial charge in [0.15, 0.2) is 0 Å². The summed E-state index contributed by atoms with van der Waals surface area (Å²) < 4.78 is 18.6. The van der Waals surface area contributed by atoms with E-state index in [4.69, 9.17) is 16.3 Å². The van der Waals surface area contributed by atoms with E-state index in [1.807, 2.05) is 24.3 Å². The molecule has 0 radical (unpaired) electrons. The summed E-state index contributed by atoms with van der Waals surface area (Å²) >= 11 is 5.84. The minimum absolute atomic E-state index is 0.244. The molecule has 0 unspecified atom stereocenters. The van der Waals surface area contributed by atoms with E-state index in [0.29, 0.717) is 23.7 Å². The predicted octanol–water partition coefficient (Wildman–Crippen LogP) is 3.78. The highest BCUT2D eigenvalue weighted by atomic mass is 35.5. The summed E-state index contributed by atoms with van der Waals surface area (Å²) in [5.74, 6) is 0.580. The molecule has 1 N–H and O–H groups in total. The average Bonchev–Trinajstić information content (AvgIpc) is 2.43. The third kappa shape index (κ3) is 3.94. The van der Waals surface area contributed by atoms with Crippen LogP contribution in [0.25, 0.3) is 0 Å². The fourth-order valence-electron chi connectivity index (χ4n) is 1.76. The standard InChI is InChI=1S/C15H15ClFNO/c1-19-14-5-2-11(3-6-14)9-18-10-12-8-13(16)4-7-15(12)17/h2-8,18H,9-10H2,1H3. The Bertz CT molecular complexity index is 542. The minimum Gasteiger partial charge on any atom is -0.497 e.